The van der Waals surface area contributed by atoms with Crippen LogP contribution in [0.4, 0.5) is 13.6 Å². The number of hydrogen-bond donors (Lipinski definition) is 2. The van der Waals surface area contributed by atoms with Crippen molar-refractivity contribution in [1.29, 1.82) is 0 Å². The first kappa shape index (κ1) is 41.5. The van der Waals surface area contributed by atoms with E-state index in [1.165, 1.54) is 22.6 Å². The van der Waals surface area contributed by atoms with E-state index in [4.69, 9.17) is 14.2 Å². The van der Waals surface area contributed by atoms with Gasteiger partial charge in [0.25, 0.3) is 0 Å². The van der Waals surface area contributed by atoms with Crippen LogP contribution in [0.15, 0.2) is 91.0 Å². The number of carbonyl (C=O) groups excluding carboxylic acids is 2. The molecule has 1 aliphatic rings. The first-order valence-corrected chi connectivity index (χ1v) is 18.7. The highest BCUT2D eigenvalue weighted by Crippen LogP contribution is 2.32. The van der Waals surface area contributed by atoms with Crippen LogP contribution in [0.5, 0.6) is 23.0 Å². The summed E-state index contributed by atoms with van der Waals surface area (Å²) in [6.45, 7) is 11.5. The van der Waals surface area contributed by atoms with Gasteiger partial charge in [0.15, 0.2) is 0 Å². The van der Waals surface area contributed by atoms with Crippen LogP contribution in [0.2, 0.25) is 0 Å². The van der Waals surface area contributed by atoms with E-state index in [-0.39, 0.29) is 43.1 Å². The van der Waals surface area contributed by atoms with Gasteiger partial charge in [-0.15, -0.1) is 0 Å². The highest BCUT2D eigenvalue weighted by atomic mass is 19.3. The molecule has 56 heavy (non-hydrogen) atoms. The van der Waals surface area contributed by atoms with Gasteiger partial charge in [-0.3, -0.25) is 9.69 Å². The maximum Gasteiger partial charge on any atom is 0.410 e. The maximum absolute atomic E-state index is 13.8. The van der Waals surface area contributed by atoms with Crippen molar-refractivity contribution in [2.24, 2.45) is 5.92 Å². The number of amides is 2. The van der Waals surface area contributed by atoms with Crippen LogP contribution >= 0.6 is 0 Å². The highest BCUT2D eigenvalue weighted by molar-refractivity contribution is 5.90. The predicted octanol–water partition coefficient (Wildman–Crippen LogP) is 8.72. The van der Waals surface area contributed by atoms with Gasteiger partial charge in [0, 0.05) is 26.2 Å². The fourth-order valence-electron chi connectivity index (χ4n) is 6.17. The summed E-state index contributed by atoms with van der Waals surface area (Å²) in [7, 11) is 0. The SMILES string of the molecule is CC(C)COC(=O)N1Cc2cc(Oc3ccc(C(C)(C)C)cc3)ccc2C[C@H]1C(=O)NC(Cc1ccc(OCCc2ccc(OC(C)(F)F)cc2)cc1)C(=O)O. The van der Waals surface area contributed by atoms with E-state index in [0.29, 0.717) is 42.8 Å². The molecule has 2 N–H and O–H groups in total. The molecule has 4 aromatic rings. The molecule has 10 nitrogen and oxygen atoms in total. The predicted molar refractivity (Wildman–Crippen MR) is 207 cm³/mol. The number of hydrogen-bond acceptors (Lipinski definition) is 7. The molecule has 0 saturated carbocycles. The fourth-order valence-corrected chi connectivity index (χ4v) is 6.17. The van der Waals surface area contributed by atoms with Gasteiger partial charge in [-0.1, -0.05) is 77.1 Å². The topological polar surface area (TPSA) is 124 Å². The third-order valence-electron chi connectivity index (χ3n) is 9.20. The molecule has 2 amide bonds. The molecular formula is C44H50F2N2O8. The minimum absolute atomic E-state index is 0.00470. The van der Waals surface area contributed by atoms with Crippen LogP contribution in [-0.4, -0.2) is 59.4 Å². The van der Waals surface area contributed by atoms with Crippen LogP contribution in [0.25, 0.3) is 0 Å². The number of benzene rings is 4. The lowest BCUT2D eigenvalue weighted by molar-refractivity contribution is -0.159. The van der Waals surface area contributed by atoms with E-state index in [1.54, 1.807) is 36.4 Å². The van der Waals surface area contributed by atoms with Crippen molar-refractivity contribution in [3.63, 3.8) is 0 Å². The summed E-state index contributed by atoms with van der Waals surface area (Å²) in [6.07, 6.45) is -3.26. The Morgan fingerprint density at radius 1 is 0.821 bits per heavy atom. The van der Waals surface area contributed by atoms with E-state index in [2.05, 4.69) is 30.8 Å². The van der Waals surface area contributed by atoms with Gasteiger partial charge >= 0.3 is 18.2 Å². The normalized spacial score (nSPS) is 14.7. The third kappa shape index (κ3) is 11.9. The van der Waals surface area contributed by atoms with Gasteiger partial charge in [-0.25, -0.2) is 9.59 Å². The van der Waals surface area contributed by atoms with Crippen LogP contribution in [-0.2, 0) is 45.5 Å². The zero-order valence-electron chi connectivity index (χ0n) is 32.6. The standard InChI is InChI=1S/C44H50F2N2O8/c1-28(2)27-54-42(52)48-26-32-24-37(55-35-19-12-33(13-20-35)43(3,4)5)18-11-31(32)25-39(48)40(49)47-38(41(50)51)23-30-9-14-34(15-10-30)53-22-21-29-7-16-36(17-8-29)56-44(6,45)46/h7-20,24,28,38-39H,21-23,25-27H2,1-6H3,(H,47,49)(H,50,51)/t38?,39-/m0/s1. The number of carboxylic acid groups (broad SMARTS) is 1. The quantitative estimate of drug-likeness (QED) is 0.123. The summed E-state index contributed by atoms with van der Waals surface area (Å²) in [5.74, 6) is 0.113. The second-order valence-corrected chi connectivity index (χ2v) is 15.5. The third-order valence-corrected chi connectivity index (χ3v) is 9.20. The largest absolute Gasteiger partial charge is 0.493 e. The van der Waals surface area contributed by atoms with Crippen molar-refractivity contribution in [2.75, 3.05) is 13.2 Å². The van der Waals surface area contributed by atoms with E-state index in [9.17, 15) is 28.3 Å². The first-order valence-electron chi connectivity index (χ1n) is 18.7. The van der Waals surface area contributed by atoms with Crippen LogP contribution in [0, 0.1) is 5.92 Å². The molecule has 0 fully saturated rings. The fraction of sp³-hybridized carbons (Fsp3) is 0.386. The van der Waals surface area contributed by atoms with Gasteiger partial charge in [-0.2, -0.15) is 8.78 Å². The van der Waals surface area contributed by atoms with E-state index < -0.39 is 36.2 Å². The van der Waals surface area contributed by atoms with Crippen LogP contribution in [0.1, 0.15) is 69.4 Å². The monoisotopic (exact) mass is 772 g/mol. The molecule has 4 aromatic carbocycles. The molecule has 0 spiro atoms. The van der Waals surface area contributed by atoms with Crippen molar-refractivity contribution in [3.05, 3.63) is 119 Å². The Labute approximate surface area is 326 Å². The van der Waals surface area contributed by atoms with E-state index >= 15 is 0 Å². The van der Waals surface area contributed by atoms with Crippen molar-refractivity contribution in [2.45, 2.75) is 91.0 Å². The minimum Gasteiger partial charge on any atom is -0.493 e. The van der Waals surface area contributed by atoms with Gasteiger partial charge < -0.3 is 29.4 Å². The molecule has 0 aromatic heterocycles. The molecule has 1 heterocycles. The molecule has 1 aliphatic heterocycles. The summed E-state index contributed by atoms with van der Waals surface area (Å²) in [5.41, 5.74) is 4.34. The van der Waals surface area contributed by atoms with Gasteiger partial charge in [0.2, 0.25) is 5.91 Å². The minimum atomic E-state index is -3.26. The van der Waals surface area contributed by atoms with Gasteiger partial charge in [0.05, 0.1) is 19.8 Å². The Kier molecular flexibility index (Phi) is 13.2. The lowest BCUT2D eigenvalue weighted by Gasteiger charge is -2.36. The highest BCUT2D eigenvalue weighted by Gasteiger charge is 2.37. The molecule has 1 unspecified atom stereocenters. The van der Waals surface area contributed by atoms with Crippen LogP contribution < -0.4 is 19.5 Å². The lowest BCUT2D eigenvalue weighted by Crippen LogP contribution is -2.56. The Hall–Kier alpha value is -5.65. The molecule has 0 aliphatic carbocycles. The number of halogens is 2. The molecule has 0 bridgehead atoms. The second kappa shape index (κ2) is 17.9. The average molecular weight is 773 g/mol. The summed E-state index contributed by atoms with van der Waals surface area (Å²) < 4.78 is 48.2. The summed E-state index contributed by atoms with van der Waals surface area (Å²) in [4.78, 5) is 41.0. The second-order valence-electron chi connectivity index (χ2n) is 15.5. The number of fused-ring (bicyclic) bond motifs is 1. The van der Waals surface area contributed by atoms with Crippen molar-refractivity contribution >= 4 is 18.0 Å². The number of rotatable bonds is 15. The Bertz CT molecular complexity index is 1950. The van der Waals surface area contributed by atoms with Gasteiger partial charge in [-0.05, 0) is 87.7 Å². The van der Waals surface area contributed by atoms with E-state index in [0.717, 1.165) is 16.7 Å². The summed E-state index contributed by atoms with van der Waals surface area (Å²) >= 11 is 0. The number of nitrogens with zero attached hydrogens (tertiary/aromatic N) is 1. The Balaban J connectivity index is 1.22. The van der Waals surface area contributed by atoms with Gasteiger partial charge in [0.1, 0.15) is 35.1 Å². The van der Waals surface area contributed by atoms with Crippen LogP contribution in [0.3, 0.4) is 0 Å². The number of alkyl halides is 2. The van der Waals surface area contributed by atoms with E-state index in [1.807, 2.05) is 56.3 Å². The lowest BCUT2D eigenvalue weighted by atomic mass is 9.87. The number of aliphatic carboxylic acids is 1. The number of ether oxygens (including phenoxy) is 4. The first-order chi connectivity index (χ1) is 26.4. The van der Waals surface area contributed by atoms with Crippen molar-refractivity contribution < 1.29 is 47.2 Å². The Morgan fingerprint density at radius 3 is 2.04 bits per heavy atom. The smallest absolute Gasteiger partial charge is 0.410 e. The molecule has 2 atom stereocenters. The molecular weight excluding hydrogens is 722 g/mol. The molecule has 12 heteroatoms. The molecule has 298 valence electrons. The zero-order chi connectivity index (χ0) is 40.6. The number of carboxylic acids is 1. The number of nitrogens with one attached hydrogen (secondary N) is 1. The van der Waals surface area contributed by atoms with Crippen molar-refractivity contribution in [3.8, 4) is 23.0 Å². The molecule has 5 rings (SSSR count). The zero-order valence-corrected chi connectivity index (χ0v) is 32.6. The number of carbonyl (C=O) groups is 3. The Morgan fingerprint density at radius 2 is 1.43 bits per heavy atom. The molecule has 0 saturated heterocycles. The molecule has 0 radical (unpaired) electrons. The van der Waals surface area contributed by atoms with Crippen molar-refractivity contribution in [1.82, 2.24) is 10.2 Å². The summed E-state index contributed by atoms with van der Waals surface area (Å²) in [5, 5.41) is 12.8. The average Bonchev–Trinajstić information content (AvgIpc) is 3.13. The summed E-state index contributed by atoms with van der Waals surface area (Å²) in [6, 6.07) is 24.3. The maximum atomic E-state index is 13.8.